The summed E-state index contributed by atoms with van der Waals surface area (Å²) >= 11 is 5.29. The van der Waals surface area contributed by atoms with Gasteiger partial charge in [0.05, 0.1) is 0 Å². The first-order chi connectivity index (χ1) is 5.61. The van der Waals surface area contributed by atoms with E-state index in [1.807, 2.05) is 0 Å². The molecule has 12 heavy (non-hydrogen) atoms. The Labute approximate surface area is 75.4 Å². The second-order valence-electron chi connectivity index (χ2n) is 1.93. The molecule has 0 heterocycles. The third-order valence-corrected chi connectivity index (χ3v) is 2.58. The third kappa shape index (κ3) is 4.31. The van der Waals surface area contributed by atoms with Crippen LogP contribution in [0, 0.1) is 0 Å². The molecule has 0 aromatic rings. The Morgan fingerprint density at radius 2 is 2.25 bits per heavy atom. The maximum Gasteiger partial charge on any atom is 0.330 e. The molecule has 0 radical (unpaired) electrons. The Balaban J connectivity index is 3.88. The molecule has 0 aromatic carbocycles. The van der Waals surface area contributed by atoms with Crippen LogP contribution in [0.4, 0.5) is 0 Å². The average molecular weight is 211 g/mol. The molecular weight excluding hydrogens is 202 g/mol. The van der Waals surface area contributed by atoms with Gasteiger partial charge in [0.25, 0.3) is 0 Å². The second-order valence-corrected chi connectivity index (χ2v) is 3.54. The smallest absolute Gasteiger partial charge is 0.330 e. The van der Waals surface area contributed by atoms with Crippen LogP contribution in [0.2, 0.25) is 0 Å². The summed E-state index contributed by atoms with van der Waals surface area (Å²) in [5.74, 6) is -0.731. The van der Waals surface area contributed by atoms with Crippen molar-refractivity contribution in [2.24, 2.45) is 0 Å². The van der Waals surface area contributed by atoms with Crippen LogP contribution in [0.15, 0.2) is 12.7 Å². The number of rotatable bonds is 5. The quantitative estimate of drug-likeness (QED) is 0.299. The highest BCUT2D eigenvalue weighted by Crippen LogP contribution is 2.15. The van der Waals surface area contributed by atoms with Crippen LogP contribution in [-0.2, 0) is 18.7 Å². The number of alkyl halides is 1. The van der Waals surface area contributed by atoms with Gasteiger partial charge in [-0.3, -0.25) is 0 Å². The Kier molecular flexibility index (Phi) is 5.68. The zero-order chi connectivity index (χ0) is 9.56. The Morgan fingerprint density at radius 3 is 2.58 bits per heavy atom. The molecule has 68 valence electrons. The fourth-order valence-electron chi connectivity index (χ4n) is 0.399. The minimum atomic E-state index is -2.64. The summed E-state index contributed by atoms with van der Waals surface area (Å²) in [6, 6.07) is 0. The lowest BCUT2D eigenvalue weighted by atomic mass is 10.5. The molecular formula is C6H8ClO4P. The molecule has 1 unspecified atom stereocenters. The monoisotopic (exact) mass is 210 g/mol. The zero-order valence-electron chi connectivity index (χ0n) is 6.23. The van der Waals surface area contributed by atoms with Crippen LogP contribution >= 0.6 is 19.3 Å². The fourth-order valence-corrected chi connectivity index (χ4v) is 1.14. The number of ether oxygens (including phenoxy) is 1. The maximum absolute atomic E-state index is 10.5. The fraction of sp³-hybridized carbons (Fsp3) is 0.500. The number of hydrogen-bond donors (Lipinski definition) is 0. The topological polar surface area (TPSA) is 60.4 Å². The number of carbonyl (C=O) groups is 1. The van der Waals surface area contributed by atoms with Gasteiger partial charge in [0.1, 0.15) is 12.3 Å². The van der Waals surface area contributed by atoms with E-state index in [9.17, 15) is 13.9 Å². The van der Waals surface area contributed by atoms with Crippen molar-refractivity contribution in [2.45, 2.75) is 5.66 Å². The van der Waals surface area contributed by atoms with E-state index in [0.29, 0.717) is 0 Å². The van der Waals surface area contributed by atoms with Crippen LogP contribution in [0.1, 0.15) is 0 Å². The standard InChI is InChI=1S/C6H8ClO4P/c1-2-6(8)11-4-5(3-7)12(9)10/h2,5H,1,3-4H2. The highest BCUT2D eigenvalue weighted by atomic mass is 35.5. The van der Waals surface area contributed by atoms with Crippen LogP contribution in [-0.4, -0.2) is 24.1 Å². The molecule has 0 aliphatic heterocycles. The summed E-state index contributed by atoms with van der Waals surface area (Å²) in [5.41, 5.74) is -0.814. The zero-order valence-corrected chi connectivity index (χ0v) is 7.88. The third-order valence-electron chi connectivity index (χ3n) is 1.06. The van der Waals surface area contributed by atoms with Crippen molar-refractivity contribution in [3.05, 3.63) is 12.7 Å². The average Bonchev–Trinajstić information content (AvgIpc) is 2.04. The predicted molar refractivity (Wildman–Crippen MR) is 44.0 cm³/mol. The van der Waals surface area contributed by atoms with Gasteiger partial charge in [-0.25, -0.2) is 13.9 Å². The second kappa shape index (κ2) is 5.98. The molecule has 0 saturated heterocycles. The van der Waals surface area contributed by atoms with E-state index in [4.69, 9.17) is 11.6 Å². The maximum atomic E-state index is 10.5. The normalized spacial score (nSPS) is 11.8. The summed E-state index contributed by atoms with van der Waals surface area (Å²) in [4.78, 5) is 10.5. The van der Waals surface area contributed by atoms with Crippen molar-refractivity contribution >= 4 is 25.3 Å². The largest absolute Gasteiger partial charge is 0.461 e. The summed E-state index contributed by atoms with van der Waals surface area (Å²) < 4.78 is 25.2. The van der Waals surface area contributed by atoms with Gasteiger partial charge in [0, 0.05) is 12.0 Å². The van der Waals surface area contributed by atoms with Gasteiger partial charge >= 0.3 is 13.6 Å². The van der Waals surface area contributed by atoms with E-state index in [1.54, 1.807) is 0 Å². The highest BCUT2D eigenvalue weighted by Gasteiger charge is 2.14. The predicted octanol–water partition coefficient (Wildman–Crippen LogP) is 1.50. The van der Waals surface area contributed by atoms with Crippen molar-refractivity contribution < 1.29 is 18.7 Å². The van der Waals surface area contributed by atoms with Crippen molar-refractivity contribution in [1.82, 2.24) is 0 Å². The van der Waals surface area contributed by atoms with Gasteiger partial charge in [-0.1, -0.05) is 6.58 Å². The highest BCUT2D eigenvalue weighted by molar-refractivity contribution is 7.32. The summed E-state index contributed by atoms with van der Waals surface area (Å²) in [6.45, 7) is 2.94. The molecule has 1 atom stereocenters. The molecule has 0 spiro atoms. The van der Waals surface area contributed by atoms with Gasteiger partial charge in [0.15, 0.2) is 0 Å². The van der Waals surface area contributed by atoms with E-state index in [2.05, 4.69) is 11.3 Å². The number of hydrogen-bond acceptors (Lipinski definition) is 4. The molecule has 0 fully saturated rings. The summed E-state index contributed by atoms with van der Waals surface area (Å²) in [6.07, 6.45) is 0.961. The number of carbonyl (C=O) groups excluding carboxylic acids is 1. The van der Waals surface area contributed by atoms with Crippen molar-refractivity contribution in [1.29, 1.82) is 0 Å². The van der Waals surface area contributed by atoms with E-state index < -0.39 is 19.3 Å². The summed E-state index contributed by atoms with van der Waals surface area (Å²) in [7, 11) is -2.64. The molecule has 0 bridgehead atoms. The van der Waals surface area contributed by atoms with Crippen LogP contribution in [0.3, 0.4) is 0 Å². The van der Waals surface area contributed by atoms with Gasteiger partial charge in [-0.15, -0.1) is 11.6 Å². The minimum Gasteiger partial charge on any atom is -0.461 e. The molecule has 0 amide bonds. The number of esters is 1. The Morgan fingerprint density at radius 1 is 1.67 bits per heavy atom. The van der Waals surface area contributed by atoms with Gasteiger partial charge < -0.3 is 4.74 Å². The lowest BCUT2D eigenvalue weighted by Crippen LogP contribution is -2.14. The van der Waals surface area contributed by atoms with Crippen LogP contribution in [0.25, 0.3) is 0 Å². The van der Waals surface area contributed by atoms with Gasteiger partial charge in [-0.2, -0.15) is 0 Å². The summed E-state index contributed by atoms with van der Waals surface area (Å²) in [5, 5.41) is 0. The van der Waals surface area contributed by atoms with Gasteiger partial charge in [-0.05, 0) is 0 Å². The molecule has 0 N–H and O–H groups in total. The van der Waals surface area contributed by atoms with Crippen molar-refractivity contribution in [3.63, 3.8) is 0 Å². The van der Waals surface area contributed by atoms with Crippen LogP contribution < -0.4 is 0 Å². The van der Waals surface area contributed by atoms with E-state index >= 15 is 0 Å². The van der Waals surface area contributed by atoms with Crippen LogP contribution in [0.5, 0.6) is 0 Å². The lowest BCUT2D eigenvalue weighted by Gasteiger charge is -2.03. The molecule has 0 aliphatic rings. The molecule has 0 aromatic heterocycles. The van der Waals surface area contributed by atoms with Crippen molar-refractivity contribution in [3.8, 4) is 0 Å². The van der Waals surface area contributed by atoms with Gasteiger partial charge in [0.2, 0.25) is 0 Å². The Hall–Kier alpha value is -0.600. The number of halogens is 1. The SMILES string of the molecule is C=CC(=O)OCC(CCl)P(=O)=O. The van der Waals surface area contributed by atoms with E-state index in [0.717, 1.165) is 6.08 Å². The first-order valence-electron chi connectivity index (χ1n) is 3.10. The molecule has 0 saturated carbocycles. The van der Waals surface area contributed by atoms with E-state index in [1.165, 1.54) is 0 Å². The first kappa shape index (κ1) is 11.4. The minimum absolute atomic E-state index is 0.0802. The molecule has 0 aliphatic carbocycles. The van der Waals surface area contributed by atoms with E-state index in [-0.39, 0.29) is 12.5 Å². The Bertz CT molecular complexity index is 228. The molecule has 6 heteroatoms. The molecule has 4 nitrogen and oxygen atoms in total. The first-order valence-corrected chi connectivity index (χ1v) is 4.88. The molecule has 0 rings (SSSR count). The van der Waals surface area contributed by atoms with Crippen molar-refractivity contribution in [2.75, 3.05) is 12.5 Å². The lowest BCUT2D eigenvalue weighted by molar-refractivity contribution is -0.137.